The van der Waals surface area contributed by atoms with Gasteiger partial charge in [0.2, 0.25) is 17.8 Å². The Bertz CT molecular complexity index is 2400. The number of imide groups is 2. The van der Waals surface area contributed by atoms with Crippen molar-refractivity contribution in [3.8, 4) is 0 Å². The third-order valence-electron chi connectivity index (χ3n) is 11.4. The molecule has 14 heteroatoms. The highest BCUT2D eigenvalue weighted by Gasteiger charge is 2.45. The third kappa shape index (κ3) is 6.35. The molecule has 6 heterocycles. The van der Waals surface area contributed by atoms with Gasteiger partial charge in [-0.05, 0) is 91.6 Å². The molecule has 2 atom stereocenters. The summed E-state index contributed by atoms with van der Waals surface area (Å²) in [5.41, 5.74) is 9.14. The van der Waals surface area contributed by atoms with Crippen LogP contribution in [0.25, 0.3) is 11.0 Å². The Morgan fingerprint density at radius 2 is 1.69 bits per heavy atom. The fourth-order valence-corrected chi connectivity index (χ4v) is 8.54. The van der Waals surface area contributed by atoms with Gasteiger partial charge in [-0.3, -0.25) is 34.3 Å². The number of aryl methyl sites for hydroxylation is 3. The molecular weight excluding hydrogens is 697 g/mol. The molecule has 0 aliphatic carbocycles. The Labute approximate surface area is 317 Å². The molecule has 3 N–H and O–H groups in total. The van der Waals surface area contributed by atoms with Crippen LogP contribution in [-0.2, 0) is 29.6 Å². The fraction of sp³-hybridized carbons (Fsp3) is 0.341. The predicted octanol–water partition coefficient (Wildman–Crippen LogP) is 4.75. The normalized spacial score (nSPS) is 19.9. The van der Waals surface area contributed by atoms with Gasteiger partial charge in [-0.2, -0.15) is 10.1 Å². The summed E-state index contributed by atoms with van der Waals surface area (Å²) in [4.78, 5) is 66.0. The summed E-state index contributed by atoms with van der Waals surface area (Å²) in [5, 5.41) is 14.7. The first-order chi connectivity index (χ1) is 26.6. The molecule has 3 aromatic carbocycles. The maximum Gasteiger partial charge on any atom is 0.262 e. The number of amides is 4. The van der Waals surface area contributed by atoms with Gasteiger partial charge in [-0.15, -0.1) is 0 Å². The zero-order valence-corrected chi connectivity index (χ0v) is 31.1. The number of nitrogens with one attached hydrogen (secondary N) is 3. The molecule has 9 rings (SSSR count). The SMILES string of the molecule is Cc1cccc(C)c1Nc1nn(C)c2nc(Nc3ccc4c(c3)CN(C[C@H]3CCN(c5ccc6c(c5)C(=O)N(C5CCC(=O)NC5=O)C6=O)C3)CC4)ncc12. The van der Waals surface area contributed by atoms with Gasteiger partial charge in [0.1, 0.15) is 6.04 Å². The average molecular weight is 739 g/mol. The molecule has 2 aromatic heterocycles. The van der Waals surface area contributed by atoms with E-state index in [0.29, 0.717) is 23.0 Å². The summed E-state index contributed by atoms with van der Waals surface area (Å²) in [6.07, 6.45) is 4.05. The number of hydrogen-bond acceptors (Lipinski definition) is 11. The highest BCUT2D eigenvalue weighted by atomic mass is 16.2. The summed E-state index contributed by atoms with van der Waals surface area (Å²) >= 11 is 0. The number of piperidine rings is 1. The van der Waals surface area contributed by atoms with E-state index in [-0.39, 0.29) is 18.7 Å². The van der Waals surface area contributed by atoms with Crippen molar-refractivity contribution < 1.29 is 19.2 Å². The quantitative estimate of drug-likeness (QED) is 0.189. The van der Waals surface area contributed by atoms with Gasteiger partial charge >= 0.3 is 0 Å². The number of benzene rings is 3. The lowest BCUT2D eigenvalue weighted by molar-refractivity contribution is -0.136. The number of anilines is 5. The van der Waals surface area contributed by atoms with Crippen LogP contribution in [0.15, 0.2) is 60.8 Å². The molecule has 4 aliphatic heterocycles. The Morgan fingerprint density at radius 3 is 2.51 bits per heavy atom. The molecule has 0 bridgehead atoms. The van der Waals surface area contributed by atoms with E-state index in [1.165, 1.54) is 11.1 Å². The van der Waals surface area contributed by atoms with Crippen LogP contribution < -0.4 is 20.9 Å². The summed E-state index contributed by atoms with van der Waals surface area (Å²) in [6.45, 7) is 8.65. The first-order valence-corrected chi connectivity index (χ1v) is 18.8. The highest BCUT2D eigenvalue weighted by molar-refractivity contribution is 6.23. The molecule has 0 saturated carbocycles. The van der Waals surface area contributed by atoms with Gasteiger partial charge in [0.25, 0.3) is 11.8 Å². The lowest BCUT2D eigenvalue weighted by Crippen LogP contribution is -2.54. The predicted molar refractivity (Wildman–Crippen MR) is 208 cm³/mol. The molecule has 55 heavy (non-hydrogen) atoms. The van der Waals surface area contributed by atoms with Crippen molar-refractivity contribution in [2.75, 3.05) is 41.7 Å². The Morgan fingerprint density at radius 1 is 0.873 bits per heavy atom. The topological polar surface area (TPSA) is 158 Å². The van der Waals surface area contributed by atoms with Gasteiger partial charge in [-0.25, -0.2) is 9.67 Å². The van der Waals surface area contributed by atoms with E-state index >= 15 is 0 Å². The molecule has 0 radical (unpaired) electrons. The summed E-state index contributed by atoms with van der Waals surface area (Å²) in [7, 11) is 1.89. The van der Waals surface area contributed by atoms with Gasteiger partial charge in [0, 0.05) is 69.5 Å². The molecule has 4 amide bonds. The number of carbonyl (C=O) groups excluding carboxylic acids is 4. The van der Waals surface area contributed by atoms with Crippen LogP contribution in [0, 0.1) is 19.8 Å². The van der Waals surface area contributed by atoms with Crippen LogP contribution >= 0.6 is 0 Å². The lowest BCUT2D eigenvalue weighted by atomic mass is 9.97. The van der Waals surface area contributed by atoms with E-state index in [1.807, 2.05) is 25.4 Å². The highest BCUT2D eigenvalue weighted by Crippen LogP contribution is 2.34. The molecule has 14 nitrogen and oxygen atoms in total. The second kappa shape index (κ2) is 13.6. The summed E-state index contributed by atoms with van der Waals surface area (Å²) in [6, 6.07) is 17.1. The number of rotatable bonds is 8. The van der Waals surface area contributed by atoms with E-state index in [9.17, 15) is 19.2 Å². The number of aromatic nitrogens is 4. The van der Waals surface area contributed by atoms with Crippen LogP contribution in [0.1, 0.15) is 62.2 Å². The van der Waals surface area contributed by atoms with Gasteiger partial charge in [0.05, 0.1) is 16.5 Å². The number of hydrogen-bond donors (Lipinski definition) is 3. The number of para-hydroxylation sites is 1. The molecule has 280 valence electrons. The third-order valence-corrected chi connectivity index (χ3v) is 11.4. The van der Waals surface area contributed by atoms with E-state index in [1.54, 1.807) is 16.8 Å². The van der Waals surface area contributed by atoms with Gasteiger partial charge < -0.3 is 15.5 Å². The van der Waals surface area contributed by atoms with E-state index in [0.717, 1.165) is 95.5 Å². The van der Waals surface area contributed by atoms with Crippen LogP contribution in [0.3, 0.4) is 0 Å². The maximum atomic E-state index is 13.4. The van der Waals surface area contributed by atoms with Crippen molar-refractivity contribution in [2.45, 2.75) is 52.1 Å². The molecule has 4 aliphatic rings. The number of nitrogens with zero attached hydrogens (tertiary/aromatic N) is 7. The maximum absolute atomic E-state index is 13.4. The van der Waals surface area contributed by atoms with Crippen LogP contribution in [0.2, 0.25) is 0 Å². The summed E-state index contributed by atoms with van der Waals surface area (Å²) in [5.74, 6) is -0.279. The zero-order chi connectivity index (χ0) is 38.0. The van der Waals surface area contributed by atoms with Crippen molar-refractivity contribution in [1.29, 1.82) is 0 Å². The molecular formula is C41H42N10O4. The standard InChI is InChI=1S/C41H42N10O4/c1-23-5-4-6-24(2)35(23)45-36-32-19-42-41(46-37(32)48(3)47-36)43-28-8-7-26-14-15-49(22-27(26)17-28)20-25-13-16-50(21-25)29-9-10-30-31(18-29)40(55)51(39(30)54)33-11-12-34(52)44-38(33)53/h4-10,17-19,25,33H,11-16,20-22H2,1-3H3,(H,45,47)(H,42,43,46)(H,44,52,53)/t25-,33?/m1/s1. The van der Waals surface area contributed by atoms with Crippen molar-refractivity contribution in [1.82, 2.24) is 34.9 Å². The first kappa shape index (κ1) is 34.6. The molecule has 0 spiro atoms. The smallest absolute Gasteiger partial charge is 0.262 e. The van der Waals surface area contributed by atoms with E-state index in [2.05, 4.69) is 74.9 Å². The Balaban J connectivity index is 0.835. The summed E-state index contributed by atoms with van der Waals surface area (Å²) < 4.78 is 1.77. The fourth-order valence-electron chi connectivity index (χ4n) is 8.54. The molecule has 2 saturated heterocycles. The van der Waals surface area contributed by atoms with Crippen molar-refractivity contribution in [3.05, 3.63) is 94.2 Å². The number of carbonyl (C=O) groups is 4. The van der Waals surface area contributed by atoms with Gasteiger partial charge in [0.15, 0.2) is 11.5 Å². The second-order valence-corrected chi connectivity index (χ2v) is 15.2. The minimum Gasteiger partial charge on any atom is -0.371 e. The Hall–Kier alpha value is -6.15. The largest absolute Gasteiger partial charge is 0.371 e. The van der Waals surface area contributed by atoms with E-state index < -0.39 is 23.8 Å². The van der Waals surface area contributed by atoms with Crippen LogP contribution in [0.4, 0.5) is 28.8 Å². The minimum atomic E-state index is -0.971. The molecule has 2 fully saturated rings. The first-order valence-electron chi connectivity index (χ1n) is 18.8. The molecule has 5 aromatic rings. The monoisotopic (exact) mass is 738 g/mol. The van der Waals surface area contributed by atoms with Crippen molar-refractivity contribution in [3.63, 3.8) is 0 Å². The van der Waals surface area contributed by atoms with Gasteiger partial charge in [-0.1, -0.05) is 24.3 Å². The van der Waals surface area contributed by atoms with Crippen LogP contribution in [0.5, 0.6) is 0 Å². The average Bonchev–Trinajstić information content (AvgIpc) is 3.83. The van der Waals surface area contributed by atoms with Crippen molar-refractivity contribution >= 4 is 63.5 Å². The minimum absolute atomic E-state index is 0.0951. The van der Waals surface area contributed by atoms with Crippen molar-refractivity contribution in [2.24, 2.45) is 13.0 Å². The molecule has 1 unspecified atom stereocenters. The number of fused-ring (bicyclic) bond motifs is 3. The van der Waals surface area contributed by atoms with Crippen LogP contribution in [-0.4, -0.2) is 85.4 Å². The second-order valence-electron chi connectivity index (χ2n) is 15.2. The Kier molecular flexibility index (Phi) is 8.56. The zero-order valence-electron chi connectivity index (χ0n) is 31.1. The van der Waals surface area contributed by atoms with E-state index in [4.69, 9.17) is 10.1 Å². The lowest BCUT2D eigenvalue weighted by Gasteiger charge is -2.31.